The van der Waals surface area contributed by atoms with Gasteiger partial charge in [0, 0.05) is 0 Å². The Bertz CT molecular complexity index is 208. The van der Waals surface area contributed by atoms with Crippen LogP contribution in [0.15, 0.2) is 24.8 Å². The van der Waals surface area contributed by atoms with Gasteiger partial charge >= 0.3 is 0 Å². The van der Waals surface area contributed by atoms with E-state index in [1.54, 1.807) is 6.08 Å². The highest BCUT2D eigenvalue weighted by Crippen LogP contribution is 2.09. The molecule has 0 amide bonds. The van der Waals surface area contributed by atoms with Crippen molar-refractivity contribution in [3.63, 3.8) is 0 Å². The number of aliphatic hydroxyl groups is 1. The SMILES string of the molecule is C=CC(O)CCCCC/C=C\CCCCCCCC. The largest absolute Gasteiger partial charge is 0.389 e. The predicted molar refractivity (Wildman–Crippen MR) is 86.4 cm³/mol. The lowest BCUT2D eigenvalue weighted by molar-refractivity contribution is 0.208. The van der Waals surface area contributed by atoms with Gasteiger partial charge in [-0.1, -0.05) is 70.1 Å². The first-order chi connectivity index (χ1) is 9.31. The molecule has 0 radical (unpaired) electrons. The maximum Gasteiger partial charge on any atom is 0.0718 e. The van der Waals surface area contributed by atoms with E-state index in [2.05, 4.69) is 25.7 Å². The lowest BCUT2D eigenvalue weighted by Gasteiger charge is -2.03. The number of aliphatic hydroxyl groups excluding tert-OH is 1. The fourth-order valence-electron chi connectivity index (χ4n) is 2.19. The highest BCUT2D eigenvalue weighted by molar-refractivity contribution is 4.81. The first-order valence-corrected chi connectivity index (χ1v) is 8.26. The molecule has 0 spiro atoms. The van der Waals surface area contributed by atoms with Gasteiger partial charge in [0.25, 0.3) is 0 Å². The van der Waals surface area contributed by atoms with E-state index in [1.807, 2.05) is 0 Å². The maximum atomic E-state index is 9.30. The fourth-order valence-corrected chi connectivity index (χ4v) is 2.19. The van der Waals surface area contributed by atoms with Gasteiger partial charge in [0.05, 0.1) is 6.10 Å². The molecule has 0 saturated carbocycles. The summed E-state index contributed by atoms with van der Waals surface area (Å²) in [6, 6.07) is 0. The summed E-state index contributed by atoms with van der Waals surface area (Å²) in [5, 5.41) is 9.30. The number of unbranched alkanes of at least 4 members (excludes halogenated alkanes) is 9. The van der Waals surface area contributed by atoms with Crippen molar-refractivity contribution in [2.45, 2.75) is 90.1 Å². The second kappa shape index (κ2) is 15.5. The summed E-state index contributed by atoms with van der Waals surface area (Å²) in [4.78, 5) is 0. The zero-order valence-corrected chi connectivity index (χ0v) is 12.9. The van der Waals surface area contributed by atoms with E-state index in [0.29, 0.717) is 0 Å². The van der Waals surface area contributed by atoms with E-state index < -0.39 is 0 Å². The molecule has 1 heteroatoms. The summed E-state index contributed by atoms with van der Waals surface area (Å²) in [5.74, 6) is 0. The molecule has 0 bridgehead atoms. The molecule has 0 aliphatic heterocycles. The minimum atomic E-state index is -0.303. The molecule has 0 heterocycles. The molecule has 0 rings (SSSR count). The van der Waals surface area contributed by atoms with Crippen LogP contribution in [0.1, 0.15) is 84.0 Å². The summed E-state index contributed by atoms with van der Waals surface area (Å²) in [6.45, 7) is 5.84. The molecule has 0 aliphatic carbocycles. The van der Waals surface area contributed by atoms with Gasteiger partial charge in [-0.2, -0.15) is 0 Å². The molecule has 1 unspecified atom stereocenters. The number of rotatable bonds is 14. The number of allylic oxidation sites excluding steroid dienone is 2. The summed E-state index contributed by atoms with van der Waals surface area (Å²) in [7, 11) is 0. The van der Waals surface area contributed by atoms with E-state index in [1.165, 1.54) is 64.2 Å². The zero-order valence-electron chi connectivity index (χ0n) is 12.9. The smallest absolute Gasteiger partial charge is 0.0718 e. The van der Waals surface area contributed by atoms with Crippen molar-refractivity contribution in [1.29, 1.82) is 0 Å². The third kappa shape index (κ3) is 15.4. The summed E-state index contributed by atoms with van der Waals surface area (Å²) < 4.78 is 0. The molecule has 0 aliphatic rings. The van der Waals surface area contributed by atoms with E-state index in [9.17, 15) is 5.11 Å². The Balaban J connectivity index is 3.11. The van der Waals surface area contributed by atoms with E-state index >= 15 is 0 Å². The second-order valence-corrected chi connectivity index (χ2v) is 5.47. The maximum absolute atomic E-state index is 9.30. The van der Waals surface area contributed by atoms with Gasteiger partial charge in [-0.25, -0.2) is 0 Å². The molecule has 0 aromatic rings. The van der Waals surface area contributed by atoms with Crippen molar-refractivity contribution >= 4 is 0 Å². The van der Waals surface area contributed by atoms with Crippen LogP contribution in [0.5, 0.6) is 0 Å². The summed E-state index contributed by atoms with van der Waals surface area (Å²) in [6.07, 6.45) is 21.2. The van der Waals surface area contributed by atoms with E-state index in [0.717, 1.165) is 12.8 Å². The molecule has 1 atom stereocenters. The van der Waals surface area contributed by atoms with Gasteiger partial charge in [-0.05, 0) is 32.1 Å². The molecule has 1 nitrogen and oxygen atoms in total. The molecule has 1 N–H and O–H groups in total. The van der Waals surface area contributed by atoms with Crippen molar-refractivity contribution in [1.82, 2.24) is 0 Å². The molecule has 19 heavy (non-hydrogen) atoms. The van der Waals surface area contributed by atoms with Crippen LogP contribution in [0, 0.1) is 0 Å². The van der Waals surface area contributed by atoms with Gasteiger partial charge in [-0.3, -0.25) is 0 Å². The van der Waals surface area contributed by atoms with Gasteiger partial charge in [0.15, 0.2) is 0 Å². The summed E-state index contributed by atoms with van der Waals surface area (Å²) >= 11 is 0. The molecule has 0 aromatic heterocycles. The number of hydrogen-bond acceptors (Lipinski definition) is 1. The molecule has 0 saturated heterocycles. The molecular weight excluding hydrogens is 232 g/mol. The Morgan fingerprint density at radius 3 is 1.95 bits per heavy atom. The van der Waals surface area contributed by atoms with Gasteiger partial charge < -0.3 is 5.11 Å². The highest BCUT2D eigenvalue weighted by atomic mass is 16.3. The highest BCUT2D eigenvalue weighted by Gasteiger charge is 1.96. The third-order valence-electron chi connectivity index (χ3n) is 3.53. The van der Waals surface area contributed by atoms with Crippen LogP contribution in [-0.2, 0) is 0 Å². The summed E-state index contributed by atoms with van der Waals surface area (Å²) in [5.41, 5.74) is 0. The van der Waals surface area contributed by atoms with Crippen LogP contribution in [0.3, 0.4) is 0 Å². The normalized spacial score (nSPS) is 12.9. The van der Waals surface area contributed by atoms with Crippen molar-refractivity contribution in [2.75, 3.05) is 0 Å². The average molecular weight is 266 g/mol. The molecule has 112 valence electrons. The van der Waals surface area contributed by atoms with E-state index in [4.69, 9.17) is 0 Å². The molecule has 0 aromatic carbocycles. The Labute approximate surface area is 120 Å². The first kappa shape index (κ1) is 18.4. The monoisotopic (exact) mass is 266 g/mol. The van der Waals surface area contributed by atoms with Crippen molar-refractivity contribution < 1.29 is 5.11 Å². The van der Waals surface area contributed by atoms with Crippen LogP contribution in [-0.4, -0.2) is 11.2 Å². The average Bonchev–Trinajstić information content (AvgIpc) is 2.43. The van der Waals surface area contributed by atoms with Crippen LogP contribution >= 0.6 is 0 Å². The Kier molecular flexibility index (Phi) is 15.0. The third-order valence-corrected chi connectivity index (χ3v) is 3.53. The number of hydrogen-bond donors (Lipinski definition) is 1. The van der Waals surface area contributed by atoms with E-state index in [-0.39, 0.29) is 6.10 Å². The van der Waals surface area contributed by atoms with Crippen LogP contribution < -0.4 is 0 Å². The minimum absolute atomic E-state index is 0.303. The van der Waals surface area contributed by atoms with Crippen LogP contribution in [0.2, 0.25) is 0 Å². The predicted octanol–water partition coefficient (Wildman–Crippen LogP) is 5.79. The molecule has 0 fully saturated rings. The van der Waals surface area contributed by atoms with Gasteiger partial charge in [-0.15, -0.1) is 6.58 Å². The Morgan fingerprint density at radius 2 is 1.37 bits per heavy atom. The van der Waals surface area contributed by atoms with Crippen molar-refractivity contribution in [3.8, 4) is 0 Å². The van der Waals surface area contributed by atoms with Crippen molar-refractivity contribution in [3.05, 3.63) is 24.8 Å². The minimum Gasteiger partial charge on any atom is -0.389 e. The lowest BCUT2D eigenvalue weighted by Crippen LogP contribution is -2.00. The topological polar surface area (TPSA) is 20.2 Å². The second-order valence-electron chi connectivity index (χ2n) is 5.47. The molecular formula is C18H34O. The Hall–Kier alpha value is -0.560. The fraction of sp³-hybridized carbons (Fsp3) is 0.778. The van der Waals surface area contributed by atoms with Crippen LogP contribution in [0.25, 0.3) is 0 Å². The zero-order chi connectivity index (χ0) is 14.2. The van der Waals surface area contributed by atoms with Crippen molar-refractivity contribution in [2.24, 2.45) is 0 Å². The Morgan fingerprint density at radius 1 is 0.842 bits per heavy atom. The first-order valence-electron chi connectivity index (χ1n) is 8.26. The standard InChI is InChI=1S/C18H34O/c1-3-5-6-7-8-9-10-11-12-13-14-15-16-17-18(19)4-2/h4,11-12,18-19H,2-3,5-10,13-17H2,1H3/b12-11-. The van der Waals surface area contributed by atoms with Crippen LogP contribution in [0.4, 0.5) is 0 Å². The van der Waals surface area contributed by atoms with Gasteiger partial charge in [0.2, 0.25) is 0 Å². The van der Waals surface area contributed by atoms with Gasteiger partial charge in [0.1, 0.15) is 0 Å². The lowest BCUT2D eigenvalue weighted by atomic mass is 10.1. The quantitative estimate of drug-likeness (QED) is 0.311.